The van der Waals surface area contributed by atoms with Crippen LogP contribution < -0.4 is 0 Å². The summed E-state index contributed by atoms with van der Waals surface area (Å²) in [6, 6.07) is 8.86. The van der Waals surface area contributed by atoms with Gasteiger partial charge in [0.05, 0.1) is 17.4 Å². The maximum absolute atomic E-state index is 12.6. The van der Waals surface area contributed by atoms with E-state index < -0.39 is 22.8 Å². The Morgan fingerprint density at radius 3 is 2.65 bits per heavy atom. The molecule has 2 aliphatic heterocycles. The minimum atomic E-state index is -0.703. The summed E-state index contributed by atoms with van der Waals surface area (Å²) in [6.45, 7) is 5.70. The van der Waals surface area contributed by atoms with Crippen LogP contribution in [0.25, 0.3) is 0 Å². The maximum atomic E-state index is 12.6. The molecule has 0 bridgehead atoms. The van der Waals surface area contributed by atoms with Crippen LogP contribution in [0.15, 0.2) is 30.3 Å². The third-order valence-electron chi connectivity index (χ3n) is 4.45. The lowest BCUT2D eigenvalue weighted by Crippen LogP contribution is -2.65. The van der Waals surface area contributed by atoms with E-state index in [9.17, 15) is 14.7 Å². The van der Waals surface area contributed by atoms with Crippen molar-refractivity contribution in [1.29, 1.82) is 0 Å². The molecule has 6 heteroatoms. The number of benzene rings is 1. The quantitative estimate of drug-likeness (QED) is 0.671. The van der Waals surface area contributed by atoms with E-state index in [0.29, 0.717) is 0 Å². The Balaban J connectivity index is 1.71. The fourth-order valence-corrected chi connectivity index (χ4v) is 5.07. The number of fused-ring (bicyclic) bond motifs is 1. The summed E-state index contributed by atoms with van der Waals surface area (Å²) in [5.41, 5.74) is 0.914. The zero-order valence-electron chi connectivity index (χ0n) is 13.4. The minimum Gasteiger partial charge on any atom is -0.459 e. The lowest BCUT2D eigenvalue weighted by molar-refractivity contribution is -0.171. The molecule has 0 aliphatic carbocycles. The Morgan fingerprint density at radius 1 is 1.39 bits per heavy atom. The van der Waals surface area contributed by atoms with E-state index in [1.165, 1.54) is 0 Å². The lowest BCUT2D eigenvalue weighted by Gasteiger charge is -2.45. The number of carbonyl (C=O) groups excluding carboxylic acids is 2. The number of esters is 1. The van der Waals surface area contributed by atoms with Crippen LogP contribution in [-0.2, 0) is 20.9 Å². The summed E-state index contributed by atoms with van der Waals surface area (Å²) in [5, 5.41) is 9.61. The SMILES string of the molecule is CC(O)C1C(=O)N2[C@@H]1SC(C)(C)[C@@H]2C(=O)OCc1ccccc1. The van der Waals surface area contributed by atoms with Gasteiger partial charge in [0.2, 0.25) is 5.91 Å². The molecule has 1 N–H and O–H groups in total. The number of hydrogen-bond donors (Lipinski definition) is 1. The highest BCUT2D eigenvalue weighted by Crippen LogP contribution is 2.54. The summed E-state index contributed by atoms with van der Waals surface area (Å²) in [6.07, 6.45) is -0.703. The number of hydrogen-bond acceptors (Lipinski definition) is 5. The van der Waals surface area contributed by atoms with E-state index in [-0.39, 0.29) is 23.9 Å². The van der Waals surface area contributed by atoms with Gasteiger partial charge in [0.1, 0.15) is 12.6 Å². The molecule has 0 radical (unpaired) electrons. The van der Waals surface area contributed by atoms with Gasteiger partial charge in [-0.15, -0.1) is 11.8 Å². The van der Waals surface area contributed by atoms with Gasteiger partial charge in [-0.3, -0.25) is 4.79 Å². The molecule has 5 nitrogen and oxygen atoms in total. The molecule has 2 heterocycles. The van der Waals surface area contributed by atoms with Crippen LogP contribution in [0.3, 0.4) is 0 Å². The van der Waals surface area contributed by atoms with Gasteiger partial charge in [0, 0.05) is 4.75 Å². The predicted molar refractivity (Wildman–Crippen MR) is 87.5 cm³/mol. The summed E-state index contributed by atoms with van der Waals surface area (Å²) < 4.78 is 5.00. The highest BCUT2D eigenvalue weighted by Gasteiger charge is 2.64. The summed E-state index contributed by atoms with van der Waals surface area (Å²) in [5.74, 6) is -0.970. The van der Waals surface area contributed by atoms with Crippen molar-refractivity contribution in [2.24, 2.45) is 5.92 Å². The van der Waals surface area contributed by atoms with Crippen LogP contribution in [-0.4, -0.2) is 44.1 Å². The fraction of sp³-hybridized carbons (Fsp3) is 0.529. The Bertz CT molecular complexity index is 616. The van der Waals surface area contributed by atoms with Crippen molar-refractivity contribution >= 4 is 23.6 Å². The van der Waals surface area contributed by atoms with Crippen molar-refractivity contribution in [3.05, 3.63) is 35.9 Å². The van der Waals surface area contributed by atoms with Crippen LogP contribution in [0.1, 0.15) is 26.3 Å². The molecule has 0 saturated carbocycles. The first kappa shape index (κ1) is 16.3. The highest BCUT2D eigenvalue weighted by molar-refractivity contribution is 8.01. The van der Waals surface area contributed by atoms with Crippen molar-refractivity contribution in [3.8, 4) is 0 Å². The molecule has 1 amide bonds. The number of carbonyl (C=O) groups is 2. The standard InChI is InChI=1S/C17H21NO4S/c1-10(19)12-14(20)18-13(17(2,3)23-15(12)18)16(21)22-9-11-7-5-4-6-8-11/h4-8,10,12-13,15,19H,9H2,1-3H3/t10?,12?,13-,15+/m0/s1. The Labute approximate surface area is 140 Å². The largest absolute Gasteiger partial charge is 0.459 e. The monoisotopic (exact) mass is 335 g/mol. The average molecular weight is 335 g/mol. The third-order valence-corrected chi connectivity index (χ3v) is 6.04. The summed E-state index contributed by atoms with van der Waals surface area (Å²) in [7, 11) is 0. The first-order valence-corrected chi connectivity index (χ1v) is 8.59. The highest BCUT2D eigenvalue weighted by atomic mass is 32.2. The van der Waals surface area contributed by atoms with Crippen LogP contribution >= 0.6 is 11.8 Å². The molecule has 124 valence electrons. The zero-order valence-corrected chi connectivity index (χ0v) is 14.2. The molecule has 2 unspecified atom stereocenters. The first-order chi connectivity index (χ1) is 10.8. The van der Waals surface area contributed by atoms with Gasteiger partial charge in [-0.2, -0.15) is 0 Å². The second-order valence-electron chi connectivity index (χ2n) is 6.62. The van der Waals surface area contributed by atoms with E-state index in [0.717, 1.165) is 5.56 Å². The maximum Gasteiger partial charge on any atom is 0.330 e. The van der Waals surface area contributed by atoms with E-state index >= 15 is 0 Å². The normalized spacial score (nSPS) is 29.7. The van der Waals surface area contributed by atoms with Gasteiger partial charge in [0.25, 0.3) is 0 Å². The molecule has 2 aliphatic rings. The number of amides is 1. The van der Waals surface area contributed by atoms with Crippen LogP contribution in [0, 0.1) is 5.92 Å². The Hall–Kier alpha value is -1.53. The molecule has 1 aromatic rings. The third kappa shape index (κ3) is 2.74. The number of aliphatic hydroxyl groups is 1. The molecule has 1 aromatic carbocycles. The molecule has 3 rings (SSSR count). The van der Waals surface area contributed by atoms with E-state index in [4.69, 9.17) is 4.74 Å². The van der Waals surface area contributed by atoms with Crippen LogP contribution in [0.2, 0.25) is 0 Å². The number of rotatable bonds is 4. The molecule has 2 fully saturated rings. The molecule has 4 atom stereocenters. The molecule has 0 spiro atoms. The van der Waals surface area contributed by atoms with Gasteiger partial charge in [-0.1, -0.05) is 30.3 Å². The number of ether oxygens (including phenoxy) is 1. The smallest absolute Gasteiger partial charge is 0.330 e. The van der Waals surface area contributed by atoms with E-state index in [1.807, 2.05) is 44.2 Å². The van der Waals surface area contributed by atoms with Gasteiger partial charge in [0.15, 0.2) is 0 Å². The summed E-state index contributed by atoms with van der Waals surface area (Å²) >= 11 is 1.56. The molecule has 0 aromatic heterocycles. The fourth-order valence-electron chi connectivity index (χ4n) is 3.27. The number of aliphatic hydroxyl groups excluding tert-OH is 1. The second-order valence-corrected chi connectivity index (χ2v) is 8.39. The van der Waals surface area contributed by atoms with Crippen molar-refractivity contribution in [2.45, 2.75) is 49.6 Å². The topological polar surface area (TPSA) is 66.8 Å². The Morgan fingerprint density at radius 2 is 2.04 bits per heavy atom. The van der Waals surface area contributed by atoms with Crippen LogP contribution in [0.5, 0.6) is 0 Å². The summed E-state index contributed by atoms with van der Waals surface area (Å²) in [4.78, 5) is 26.4. The van der Waals surface area contributed by atoms with Crippen molar-refractivity contribution in [2.75, 3.05) is 0 Å². The van der Waals surface area contributed by atoms with Crippen molar-refractivity contribution in [1.82, 2.24) is 4.90 Å². The van der Waals surface area contributed by atoms with E-state index in [2.05, 4.69) is 0 Å². The Kier molecular flexibility index (Phi) is 4.14. The van der Waals surface area contributed by atoms with Gasteiger partial charge in [-0.25, -0.2) is 4.79 Å². The second kappa shape index (κ2) is 5.83. The van der Waals surface area contributed by atoms with Gasteiger partial charge < -0.3 is 14.7 Å². The van der Waals surface area contributed by atoms with E-state index in [1.54, 1.807) is 23.6 Å². The molecular weight excluding hydrogens is 314 g/mol. The molecular formula is C17H21NO4S. The predicted octanol–water partition coefficient (Wildman–Crippen LogP) is 1.79. The first-order valence-electron chi connectivity index (χ1n) is 7.71. The van der Waals surface area contributed by atoms with Crippen LogP contribution in [0.4, 0.5) is 0 Å². The minimum absolute atomic E-state index is 0.147. The lowest BCUT2D eigenvalue weighted by atomic mass is 9.88. The number of nitrogens with zero attached hydrogens (tertiary/aromatic N) is 1. The van der Waals surface area contributed by atoms with Gasteiger partial charge >= 0.3 is 5.97 Å². The number of thioether (sulfide) groups is 1. The van der Waals surface area contributed by atoms with Crippen molar-refractivity contribution < 1.29 is 19.4 Å². The molecule has 2 saturated heterocycles. The zero-order chi connectivity index (χ0) is 16.8. The molecule has 23 heavy (non-hydrogen) atoms. The van der Waals surface area contributed by atoms with Gasteiger partial charge in [-0.05, 0) is 26.3 Å². The average Bonchev–Trinajstić information content (AvgIpc) is 2.73. The number of β-lactam (4-membered cyclic amide) rings is 1. The van der Waals surface area contributed by atoms with Crippen molar-refractivity contribution in [3.63, 3.8) is 0 Å².